The Morgan fingerprint density at radius 2 is 2.22 bits per heavy atom. The van der Waals surface area contributed by atoms with Crippen LogP contribution in [0.4, 0.5) is 9.52 Å². The molecule has 1 aromatic carbocycles. The highest BCUT2D eigenvalue weighted by Gasteiger charge is 2.11. The van der Waals surface area contributed by atoms with Crippen LogP contribution in [0.3, 0.4) is 0 Å². The number of halogens is 2. The molecule has 0 bridgehead atoms. The highest BCUT2D eigenvalue weighted by Crippen LogP contribution is 2.30. The van der Waals surface area contributed by atoms with E-state index in [0.717, 1.165) is 23.9 Å². The van der Waals surface area contributed by atoms with E-state index in [1.54, 1.807) is 16.8 Å². The molecule has 2 heterocycles. The lowest BCUT2D eigenvalue weighted by Crippen LogP contribution is -2.02. The summed E-state index contributed by atoms with van der Waals surface area (Å²) in [6.45, 7) is 0.782. The maximum atomic E-state index is 13.9. The van der Waals surface area contributed by atoms with Crippen LogP contribution in [-0.4, -0.2) is 26.5 Å². The highest BCUT2D eigenvalue weighted by atomic mass is 79.9. The minimum Gasteiger partial charge on any atom is -0.360 e. The van der Waals surface area contributed by atoms with Gasteiger partial charge < -0.3 is 5.32 Å². The van der Waals surface area contributed by atoms with Crippen LogP contribution in [0.1, 0.15) is 12.0 Å². The summed E-state index contributed by atoms with van der Waals surface area (Å²) in [5, 5.41) is 16.8. The predicted octanol–water partition coefficient (Wildman–Crippen LogP) is 3.88. The Labute approximate surface area is 145 Å². The largest absolute Gasteiger partial charge is 0.360 e. The number of benzene rings is 1. The fourth-order valence-corrected chi connectivity index (χ4v) is 3.30. The summed E-state index contributed by atoms with van der Waals surface area (Å²) >= 11 is 4.69. The van der Waals surface area contributed by atoms with Crippen molar-refractivity contribution in [3.05, 3.63) is 46.4 Å². The Balaban J connectivity index is 1.56. The summed E-state index contributed by atoms with van der Waals surface area (Å²) < 4.78 is 16.5. The lowest BCUT2D eigenvalue weighted by molar-refractivity contribution is 0.630. The first-order valence-corrected chi connectivity index (χ1v) is 8.73. The normalized spacial score (nSPS) is 10.9. The molecule has 0 amide bonds. The van der Waals surface area contributed by atoms with Gasteiger partial charge in [0.1, 0.15) is 5.82 Å². The molecule has 0 unspecified atom stereocenters. The lowest BCUT2D eigenvalue weighted by atomic mass is 10.2. The van der Waals surface area contributed by atoms with Crippen LogP contribution in [0, 0.1) is 5.82 Å². The average Bonchev–Trinajstić information content (AvgIpc) is 3.15. The van der Waals surface area contributed by atoms with Gasteiger partial charge in [-0.1, -0.05) is 27.3 Å². The van der Waals surface area contributed by atoms with E-state index in [9.17, 15) is 4.39 Å². The molecule has 5 nitrogen and oxygen atoms in total. The fourth-order valence-electron chi connectivity index (χ4n) is 2.15. The van der Waals surface area contributed by atoms with E-state index >= 15 is 0 Å². The third-order valence-corrected chi connectivity index (χ3v) is 4.67. The summed E-state index contributed by atoms with van der Waals surface area (Å²) in [4.78, 5) is 0. The second-order valence-electron chi connectivity index (χ2n) is 5.09. The van der Waals surface area contributed by atoms with Gasteiger partial charge in [-0.2, -0.15) is 5.10 Å². The van der Waals surface area contributed by atoms with Crippen LogP contribution in [-0.2, 0) is 13.5 Å². The lowest BCUT2D eigenvalue weighted by Gasteiger charge is -2.00. The Kier molecular flexibility index (Phi) is 5.02. The summed E-state index contributed by atoms with van der Waals surface area (Å²) in [5.74, 6) is -0.299. The summed E-state index contributed by atoms with van der Waals surface area (Å²) in [6, 6.07) is 4.79. The smallest absolute Gasteiger partial charge is 0.206 e. The quantitative estimate of drug-likeness (QED) is 0.643. The SMILES string of the molecule is Cn1cc(CCCNc2nnc(-c3cc(Br)ccc3F)s2)cn1. The van der Waals surface area contributed by atoms with Gasteiger partial charge in [0.15, 0.2) is 5.01 Å². The van der Waals surface area contributed by atoms with Crippen LogP contribution in [0.5, 0.6) is 0 Å². The van der Waals surface area contributed by atoms with E-state index in [-0.39, 0.29) is 5.82 Å². The van der Waals surface area contributed by atoms with E-state index in [4.69, 9.17) is 0 Å². The molecule has 0 radical (unpaired) electrons. The zero-order valence-corrected chi connectivity index (χ0v) is 14.9. The van der Waals surface area contributed by atoms with Crippen molar-refractivity contribution in [2.45, 2.75) is 12.8 Å². The number of hydrogen-bond donors (Lipinski definition) is 1. The molecule has 120 valence electrons. The molecule has 3 aromatic rings. The third-order valence-electron chi connectivity index (χ3n) is 3.26. The molecular weight excluding hydrogens is 381 g/mol. The number of aromatic nitrogens is 4. The van der Waals surface area contributed by atoms with Crippen molar-refractivity contribution in [3.8, 4) is 10.6 Å². The fraction of sp³-hybridized carbons (Fsp3) is 0.267. The number of rotatable bonds is 6. The molecule has 2 aromatic heterocycles. The van der Waals surface area contributed by atoms with Crippen molar-refractivity contribution in [2.75, 3.05) is 11.9 Å². The zero-order chi connectivity index (χ0) is 16.2. The Bertz CT molecular complexity index is 801. The maximum Gasteiger partial charge on any atom is 0.206 e. The van der Waals surface area contributed by atoms with Crippen molar-refractivity contribution in [3.63, 3.8) is 0 Å². The maximum absolute atomic E-state index is 13.9. The predicted molar refractivity (Wildman–Crippen MR) is 93.0 cm³/mol. The van der Waals surface area contributed by atoms with Crippen LogP contribution in [0.25, 0.3) is 10.6 Å². The van der Waals surface area contributed by atoms with Crippen LogP contribution < -0.4 is 5.32 Å². The molecule has 0 aliphatic heterocycles. The summed E-state index contributed by atoms with van der Waals surface area (Å²) in [7, 11) is 1.91. The van der Waals surface area contributed by atoms with Crippen molar-refractivity contribution in [1.29, 1.82) is 0 Å². The molecule has 0 aliphatic carbocycles. The Morgan fingerprint density at radius 3 is 3.00 bits per heavy atom. The molecular formula is C15H15BrFN5S. The van der Waals surface area contributed by atoms with Crippen LogP contribution in [0.15, 0.2) is 35.1 Å². The molecule has 0 saturated heterocycles. The minimum atomic E-state index is -0.299. The van der Waals surface area contributed by atoms with Gasteiger partial charge in [0.05, 0.1) is 6.20 Å². The van der Waals surface area contributed by atoms with Gasteiger partial charge in [-0.3, -0.25) is 4.68 Å². The van der Waals surface area contributed by atoms with Gasteiger partial charge >= 0.3 is 0 Å². The van der Waals surface area contributed by atoms with Gasteiger partial charge in [-0.25, -0.2) is 4.39 Å². The molecule has 1 N–H and O–H groups in total. The molecule has 23 heavy (non-hydrogen) atoms. The molecule has 0 spiro atoms. The summed E-state index contributed by atoms with van der Waals surface area (Å²) in [5.41, 5.74) is 1.67. The Morgan fingerprint density at radius 1 is 1.35 bits per heavy atom. The number of aryl methyl sites for hydroxylation is 2. The molecule has 0 atom stereocenters. The monoisotopic (exact) mass is 395 g/mol. The first-order chi connectivity index (χ1) is 11.1. The first kappa shape index (κ1) is 16.1. The number of hydrogen-bond acceptors (Lipinski definition) is 5. The molecule has 0 saturated carbocycles. The first-order valence-electron chi connectivity index (χ1n) is 7.12. The average molecular weight is 396 g/mol. The molecule has 3 rings (SSSR count). The van der Waals surface area contributed by atoms with Crippen LogP contribution >= 0.6 is 27.3 Å². The standard InChI is InChI=1S/C15H15BrFN5S/c1-22-9-10(8-19-22)3-2-6-18-15-21-20-14(23-15)12-7-11(16)4-5-13(12)17/h4-5,7-9H,2-3,6H2,1H3,(H,18,21). The van der Waals surface area contributed by atoms with Gasteiger partial charge in [-0.05, 0) is 36.6 Å². The van der Waals surface area contributed by atoms with Gasteiger partial charge in [0.25, 0.3) is 0 Å². The number of nitrogens with one attached hydrogen (secondary N) is 1. The topological polar surface area (TPSA) is 55.6 Å². The minimum absolute atomic E-state index is 0.299. The third kappa shape index (κ3) is 4.14. The summed E-state index contributed by atoms with van der Waals surface area (Å²) in [6.07, 6.45) is 5.80. The van der Waals surface area contributed by atoms with Crippen molar-refractivity contribution in [2.24, 2.45) is 7.05 Å². The van der Waals surface area contributed by atoms with E-state index in [2.05, 4.69) is 36.5 Å². The van der Waals surface area contributed by atoms with Crippen molar-refractivity contribution in [1.82, 2.24) is 20.0 Å². The van der Waals surface area contributed by atoms with E-state index in [0.29, 0.717) is 15.7 Å². The van der Waals surface area contributed by atoms with E-state index in [1.165, 1.54) is 23.0 Å². The number of nitrogens with zero attached hydrogens (tertiary/aromatic N) is 4. The van der Waals surface area contributed by atoms with Crippen LogP contribution in [0.2, 0.25) is 0 Å². The van der Waals surface area contributed by atoms with Crippen molar-refractivity contribution < 1.29 is 4.39 Å². The number of anilines is 1. The molecule has 0 aliphatic rings. The molecule has 8 heteroatoms. The van der Waals surface area contributed by atoms with E-state index in [1.807, 2.05) is 19.4 Å². The van der Waals surface area contributed by atoms with Gasteiger partial charge in [0, 0.05) is 29.8 Å². The van der Waals surface area contributed by atoms with E-state index < -0.39 is 0 Å². The molecule has 0 fully saturated rings. The van der Waals surface area contributed by atoms with Gasteiger partial charge in [-0.15, -0.1) is 10.2 Å². The highest BCUT2D eigenvalue weighted by molar-refractivity contribution is 9.10. The van der Waals surface area contributed by atoms with Gasteiger partial charge in [0.2, 0.25) is 5.13 Å². The second kappa shape index (κ2) is 7.18. The second-order valence-corrected chi connectivity index (χ2v) is 6.98. The Hall–Kier alpha value is -1.80. The van der Waals surface area contributed by atoms with Crippen molar-refractivity contribution >= 4 is 32.4 Å². The zero-order valence-electron chi connectivity index (χ0n) is 12.5.